The maximum atomic E-state index is 12.1. The van der Waals surface area contributed by atoms with Crippen LogP contribution in [-0.4, -0.2) is 28.2 Å². The van der Waals surface area contributed by atoms with Gasteiger partial charge in [0.1, 0.15) is 11.2 Å². The smallest absolute Gasteiger partial charge is 0.338 e. The summed E-state index contributed by atoms with van der Waals surface area (Å²) in [6.07, 6.45) is 13.5. The molecule has 6 rings (SSSR count). The Morgan fingerprint density at radius 3 is 1.79 bits per heavy atom. The van der Waals surface area contributed by atoms with Crippen molar-refractivity contribution >= 4 is 11.9 Å². The van der Waals surface area contributed by atoms with Crippen molar-refractivity contribution in [3.05, 3.63) is 11.8 Å². The van der Waals surface area contributed by atoms with Gasteiger partial charge in [0.05, 0.1) is 18.3 Å². The zero-order chi connectivity index (χ0) is 27.9. The van der Waals surface area contributed by atoms with Gasteiger partial charge in [0.25, 0.3) is 0 Å². The normalized spacial score (nSPS) is 49.4. The van der Waals surface area contributed by atoms with E-state index >= 15 is 0 Å². The molecule has 0 aromatic heterocycles. The van der Waals surface area contributed by atoms with Gasteiger partial charge in [-0.15, -0.1) is 0 Å². The van der Waals surface area contributed by atoms with E-state index in [1.807, 2.05) is 0 Å². The Morgan fingerprint density at radius 2 is 1.21 bits per heavy atom. The van der Waals surface area contributed by atoms with Crippen molar-refractivity contribution in [2.24, 2.45) is 45.3 Å². The van der Waals surface area contributed by atoms with Crippen molar-refractivity contribution in [2.75, 3.05) is 0 Å². The van der Waals surface area contributed by atoms with Crippen LogP contribution in [0.25, 0.3) is 0 Å². The van der Waals surface area contributed by atoms with Gasteiger partial charge in [0, 0.05) is 11.8 Å². The van der Waals surface area contributed by atoms with Crippen LogP contribution in [0.15, 0.2) is 11.8 Å². The van der Waals surface area contributed by atoms with Crippen molar-refractivity contribution in [3.8, 4) is 0 Å². The van der Waals surface area contributed by atoms with E-state index in [2.05, 4.69) is 55.4 Å². The molecule has 5 heteroatoms. The molecule has 4 aliphatic carbocycles. The molecule has 0 spiro atoms. The Hall–Kier alpha value is -1.52. The topological polar surface area (TPSA) is 72.8 Å². The summed E-state index contributed by atoms with van der Waals surface area (Å²) in [5, 5.41) is 9.56. The molecule has 1 N–H and O–H groups in total. The number of hydrogen-bond acceptors (Lipinski definition) is 5. The van der Waals surface area contributed by atoms with Crippen LogP contribution in [-0.2, 0) is 19.1 Å². The standard InChI is InChI=1S/C17H26O3.C16H26O2/c1-15(2)7-5-8-16(3)12(15)6-9-17(4)13(16)11(10-18)14(19)20-17;1-14(2)7-5-8-15(3)11(14)6-9-16(4)12(15)10-13(17)18-16/h10,12-13,18H,5-9H2,1-4H3;11-12H,5-10H2,1-4H3/b11-10+;/t12-,13+,16-,17+;11-,12+,15-,16+/m00/s1. The van der Waals surface area contributed by atoms with Gasteiger partial charge in [-0.25, -0.2) is 4.79 Å². The first-order valence-corrected chi connectivity index (χ1v) is 15.3. The first-order chi connectivity index (χ1) is 17.5. The second-order valence-electron chi connectivity index (χ2n) is 16.1. The fraction of sp³-hybridized carbons (Fsp3) is 0.879. The van der Waals surface area contributed by atoms with Crippen LogP contribution in [0, 0.1) is 45.3 Å². The predicted octanol–water partition coefficient (Wildman–Crippen LogP) is 7.92. The number of aliphatic hydroxyl groups is 1. The largest absolute Gasteiger partial charge is 0.515 e. The molecule has 2 saturated heterocycles. The summed E-state index contributed by atoms with van der Waals surface area (Å²) in [5.74, 6) is 1.54. The Labute approximate surface area is 230 Å². The van der Waals surface area contributed by atoms with Crippen LogP contribution in [0.1, 0.15) is 126 Å². The number of fused-ring (bicyclic) bond motifs is 6. The van der Waals surface area contributed by atoms with Crippen molar-refractivity contribution in [1.29, 1.82) is 0 Å². The third-order valence-corrected chi connectivity index (χ3v) is 12.9. The molecule has 4 saturated carbocycles. The fourth-order valence-corrected chi connectivity index (χ4v) is 11.5. The van der Waals surface area contributed by atoms with E-state index in [0.717, 1.165) is 37.9 Å². The molecule has 0 aromatic rings. The summed E-state index contributed by atoms with van der Waals surface area (Å²) in [6, 6.07) is 0. The highest BCUT2D eigenvalue weighted by Gasteiger charge is 2.65. The Bertz CT molecular complexity index is 1030. The molecule has 0 radical (unpaired) electrons. The van der Waals surface area contributed by atoms with Gasteiger partial charge < -0.3 is 14.6 Å². The van der Waals surface area contributed by atoms with E-state index in [1.165, 1.54) is 38.5 Å². The van der Waals surface area contributed by atoms with Gasteiger partial charge in [0.2, 0.25) is 0 Å². The van der Waals surface area contributed by atoms with Crippen molar-refractivity contribution in [3.63, 3.8) is 0 Å². The van der Waals surface area contributed by atoms with Crippen LogP contribution in [0.4, 0.5) is 0 Å². The maximum Gasteiger partial charge on any atom is 0.338 e. The first-order valence-electron chi connectivity index (χ1n) is 15.3. The summed E-state index contributed by atoms with van der Waals surface area (Å²) in [7, 11) is 0. The monoisotopic (exact) mass is 528 g/mol. The average Bonchev–Trinajstić information content (AvgIpc) is 3.25. The molecule has 38 heavy (non-hydrogen) atoms. The lowest BCUT2D eigenvalue weighted by Crippen LogP contribution is -2.56. The second-order valence-corrected chi connectivity index (χ2v) is 16.1. The zero-order valence-electron chi connectivity index (χ0n) is 25.2. The number of rotatable bonds is 0. The summed E-state index contributed by atoms with van der Waals surface area (Å²) in [4.78, 5) is 23.9. The minimum Gasteiger partial charge on any atom is -0.515 e. The highest BCUT2D eigenvalue weighted by atomic mass is 16.6. The van der Waals surface area contributed by atoms with E-state index in [-0.39, 0.29) is 28.9 Å². The van der Waals surface area contributed by atoms with E-state index in [9.17, 15) is 14.7 Å². The molecule has 0 amide bonds. The Balaban J connectivity index is 0.000000156. The van der Waals surface area contributed by atoms with Crippen molar-refractivity contribution in [2.45, 2.75) is 137 Å². The number of carbonyl (C=O) groups is 2. The minimum absolute atomic E-state index is 0.0332. The number of esters is 2. The van der Waals surface area contributed by atoms with Gasteiger partial charge >= 0.3 is 11.9 Å². The minimum atomic E-state index is -0.426. The molecule has 6 aliphatic rings. The van der Waals surface area contributed by atoms with E-state index in [0.29, 0.717) is 40.1 Å². The highest BCUT2D eigenvalue weighted by Crippen LogP contribution is 2.67. The number of hydrogen-bond donors (Lipinski definition) is 1. The fourth-order valence-electron chi connectivity index (χ4n) is 11.5. The maximum absolute atomic E-state index is 12.1. The van der Waals surface area contributed by atoms with Crippen LogP contribution in [0.5, 0.6) is 0 Å². The van der Waals surface area contributed by atoms with Crippen LogP contribution >= 0.6 is 0 Å². The molecule has 0 aromatic carbocycles. The first kappa shape index (κ1) is 28.0. The molecule has 6 fully saturated rings. The Kier molecular flexibility index (Phi) is 6.44. The lowest BCUT2D eigenvalue weighted by molar-refractivity contribution is -0.165. The molecular formula is C33H52O5. The molecule has 8 atom stereocenters. The van der Waals surface area contributed by atoms with E-state index in [4.69, 9.17) is 9.47 Å². The third kappa shape index (κ3) is 3.99. The summed E-state index contributed by atoms with van der Waals surface area (Å²) in [5.41, 5.74) is 0.995. The van der Waals surface area contributed by atoms with Crippen LogP contribution in [0.3, 0.4) is 0 Å². The SMILES string of the molecule is CC1(C)CCC[C@]2(C)[C@H]3/C(=C\O)C(=O)O[C@]3(C)CC[C@@H]12.CC1(C)CCC[C@]2(C)[C@H]3CC(=O)O[C@]3(C)CC[C@@H]12. The summed E-state index contributed by atoms with van der Waals surface area (Å²) < 4.78 is 11.4. The Morgan fingerprint density at radius 1 is 0.684 bits per heavy atom. The van der Waals surface area contributed by atoms with Gasteiger partial charge in [-0.2, -0.15) is 0 Å². The van der Waals surface area contributed by atoms with Gasteiger partial charge in [-0.1, -0.05) is 54.4 Å². The number of carbonyl (C=O) groups excluding carboxylic acids is 2. The quantitative estimate of drug-likeness (QED) is 0.196. The second kappa shape index (κ2) is 8.74. The van der Waals surface area contributed by atoms with Crippen molar-refractivity contribution in [1.82, 2.24) is 0 Å². The van der Waals surface area contributed by atoms with Gasteiger partial charge in [-0.3, -0.25) is 4.79 Å². The summed E-state index contributed by atoms with van der Waals surface area (Å²) in [6.45, 7) is 18.5. The van der Waals surface area contributed by atoms with Gasteiger partial charge in [0.15, 0.2) is 0 Å². The molecular weight excluding hydrogens is 476 g/mol. The predicted molar refractivity (Wildman–Crippen MR) is 148 cm³/mol. The van der Waals surface area contributed by atoms with E-state index in [1.54, 1.807) is 0 Å². The van der Waals surface area contributed by atoms with Crippen LogP contribution < -0.4 is 0 Å². The summed E-state index contributed by atoms with van der Waals surface area (Å²) >= 11 is 0. The van der Waals surface area contributed by atoms with Crippen molar-refractivity contribution < 1.29 is 24.2 Å². The molecule has 2 aliphatic heterocycles. The van der Waals surface area contributed by atoms with E-state index < -0.39 is 5.60 Å². The lowest BCUT2D eigenvalue weighted by Gasteiger charge is -2.59. The molecule has 0 bridgehead atoms. The molecule has 5 nitrogen and oxygen atoms in total. The molecule has 2 heterocycles. The highest BCUT2D eigenvalue weighted by molar-refractivity contribution is 5.92. The molecule has 0 unspecified atom stereocenters. The number of aliphatic hydroxyl groups excluding tert-OH is 1. The third-order valence-electron chi connectivity index (χ3n) is 12.9. The van der Waals surface area contributed by atoms with Crippen LogP contribution in [0.2, 0.25) is 0 Å². The number of ether oxygens (including phenoxy) is 2. The lowest BCUT2D eigenvalue weighted by atomic mass is 9.45. The zero-order valence-corrected chi connectivity index (χ0v) is 25.2. The average molecular weight is 529 g/mol. The van der Waals surface area contributed by atoms with Gasteiger partial charge in [-0.05, 0) is 98.7 Å². The molecule has 214 valence electrons.